The number of hydrogen-bond donors (Lipinski definition) is 2. The molecule has 1 aliphatic rings. The molecule has 0 spiro atoms. The third-order valence-electron chi connectivity index (χ3n) is 2.02. The smallest absolute Gasteiger partial charge is 0.311 e. The summed E-state index contributed by atoms with van der Waals surface area (Å²) in [6.07, 6.45) is 4.26. The van der Waals surface area contributed by atoms with Crippen LogP contribution in [-0.4, -0.2) is 22.2 Å². The molecule has 1 aliphatic carbocycles. The quantitative estimate of drug-likeness (QED) is 0.547. The molecule has 0 saturated carbocycles. The van der Waals surface area contributed by atoms with Gasteiger partial charge in [-0.3, -0.25) is 9.59 Å². The van der Waals surface area contributed by atoms with Crippen molar-refractivity contribution in [3.8, 4) is 0 Å². The van der Waals surface area contributed by atoms with E-state index in [9.17, 15) is 9.59 Å². The standard InChI is InChI=1S/C8H10O4.Zn/c9-7(10)5-3-1-2-4-6(5)8(11)12;/h1,3,5-6H,2,4H2,(H,9,10)(H,11,12);. The van der Waals surface area contributed by atoms with Crippen molar-refractivity contribution in [3.05, 3.63) is 12.2 Å². The van der Waals surface area contributed by atoms with Gasteiger partial charge in [-0.2, -0.15) is 0 Å². The minimum absolute atomic E-state index is 0. The van der Waals surface area contributed by atoms with E-state index in [1.54, 1.807) is 6.08 Å². The Labute approximate surface area is 88.4 Å². The zero-order chi connectivity index (χ0) is 9.14. The normalized spacial score (nSPS) is 26.2. The topological polar surface area (TPSA) is 74.6 Å². The van der Waals surface area contributed by atoms with E-state index in [0.29, 0.717) is 12.8 Å². The van der Waals surface area contributed by atoms with E-state index in [1.165, 1.54) is 6.08 Å². The number of allylic oxidation sites excluding steroid dienone is 1. The van der Waals surface area contributed by atoms with Crippen LogP contribution in [0.3, 0.4) is 0 Å². The molecule has 2 unspecified atom stereocenters. The van der Waals surface area contributed by atoms with E-state index >= 15 is 0 Å². The van der Waals surface area contributed by atoms with Gasteiger partial charge in [0.1, 0.15) is 0 Å². The Balaban J connectivity index is 0.00000144. The Morgan fingerprint density at radius 1 is 1.23 bits per heavy atom. The Morgan fingerprint density at radius 2 is 1.85 bits per heavy atom. The van der Waals surface area contributed by atoms with E-state index in [0.717, 1.165) is 0 Å². The van der Waals surface area contributed by atoms with E-state index < -0.39 is 23.8 Å². The van der Waals surface area contributed by atoms with Crippen molar-refractivity contribution in [1.29, 1.82) is 0 Å². The summed E-state index contributed by atoms with van der Waals surface area (Å²) in [5.74, 6) is -3.69. The number of aliphatic carboxylic acids is 2. The number of carboxylic acid groups (broad SMARTS) is 2. The van der Waals surface area contributed by atoms with Crippen LogP contribution in [0.2, 0.25) is 0 Å². The minimum Gasteiger partial charge on any atom is -0.481 e. The van der Waals surface area contributed by atoms with Gasteiger partial charge in [0.05, 0.1) is 11.8 Å². The summed E-state index contributed by atoms with van der Waals surface area (Å²) in [5, 5.41) is 17.3. The maximum atomic E-state index is 10.6. The molecule has 13 heavy (non-hydrogen) atoms. The zero-order valence-electron chi connectivity index (χ0n) is 7.14. The van der Waals surface area contributed by atoms with Crippen LogP contribution in [0.15, 0.2) is 12.2 Å². The van der Waals surface area contributed by atoms with E-state index in [2.05, 4.69) is 0 Å². The first-order chi connectivity index (χ1) is 5.63. The Bertz CT molecular complexity index is 236. The van der Waals surface area contributed by atoms with Crippen molar-refractivity contribution in [2.45, 2.75) is 12.8 Å². The predicted octanol–water partition coefficient (Wildman–Crippen LogP) is 0.736. The van der Waals surface area contributed by atoms with Gasteiger partial charge in [0.25, 0.3) is 0 Å². The Morgan fingerprint density at radius 3 is 2.23 bits per heavy atom. The van der Waals surface area contributed by atoms with Gasteiger partial charge >= 0.3 is 11.9 Å². The largest absolute Gasteiger partial charge is 0.481 e. The van der Waals surface area contributed by atoms with Crippen LogP contribution in [0.25, 0.3) is 0 Å². The van der Waals surface area contributed by atoms with Crippen LogP contribution < -0.4 is 0 Å². The van der Waals surface area contributed by atoms with Gasteiger partial charge in [0.2, 0.25) is 0 Å². The second-order valence-electron chi connectivity index (χ2n) is 2.81. The molecule has 2 atom stereocenters. The van der Waals surface area contributed by atoms with Crippen molar-refractivity contribution in [2.75, 3.05) is 0 Å². The fourth-order valence-corrected chi connectivity index (χ4v) is 1.36. The van der Waals surface area contributed by atoms with Gasteiger partial charge in [0, 0.05) is 19.5 Å². The molecule has 4 nitrogen and oxygen atoms in total. The Hall–Kier alpha value is -0.697. The van der Waals surface area contributed by atoms with Crippen LogP contribution in [0, 0.1) is 11.8 Å². The molecule has 2 N–H and O–H groups in total. The van der Waals surface area contributed by atoms with Crippen LogP contribution >= 0.6 is 0 Å². The maximum absolute atomic E-state index is 10.6. The molecule has 5 heteroatoms. The summed E-state index contributed by atoms with van der Waals surface area (Å²) in [4.78, 5) is 21.1. The van der Waals surface area contributed by atoms with Gasteiger partial charge in [0.15, 0.2) is 0 Å². The molecule has 0 saturated heterocycles. The molecule has 0 aromatic carbocycles. The predicted molar refractivity (Wildman–Crippen MR) is 40.6 cm³/mol. The average Bonchev–Trinajstić information content (AvgIpc) is 2.04. The second-order valence-corrected chi connectivity index (χ2v) is 2.81. The number of carboxylic acids is 2. The molecule has 0 radical (unpaired) electrons. The SMILES string of the molecule is O=C(O)C1C=CCCC1C(=O)O.[Zn]. The summed E-state index contributed by atoms with van der Waals surface area (Å²) >= 11 is 0. The molecule has 0 aliphatic heterocycles. The Kier molecular flexibility index (Phi) is 4.85. The van der Waals surface area contributed by atoms with Crippen molar-refractivity contribution in [1.82, 2.24) is 0 Å². The van der Waals surface area contributed by atoms with Crippen molar-refractivity contribution in [2.24, 2.45) is 11.8 Å². The third-order valence-corrected chi connectivity index (χ3v) is 2.02. The van der Waals surface area contributed by atoms with Crippen molar-refractivity contribution in [3.63, 3.8) is 0 Å². The summed E-state index contributed by atoms with van der Waals surface area (Å²) in [6, 6.07) is 0. The summed E-state index contributed by atoms with van der Waals surface area (Å²) in [5.41, 5.74) is 0. The first-order valence-electron chi connectivity index (χ1n) is 3.75. The monoisotopic (exact) mass is 234 g/mol. The summed E-state index contributed by atoms with van der Waals surface area (Å²) in [7, 11) is 0. The van der Waals surface area contributed by atoms with E-state index in [-0.39, 0.29) is 19.5 Å². The molecule has 0 heterocycles. The van der Waals surface area contributed by atoms with Gasteiger partial charge in [-0.25, -0.2) is 0 Å². The van der Waals surface area contributed by atoms with Crippen LogP contribution in [-0.2, 0) is 29.1 Å². The molecule has 0 bridgehead atoms. The van der Waals surface area contributed by atoms with Crippen LogP contribution in [0.5, 0.6) is 0 Å². The molecule has 0 amide bonds. The molecule has 0 fully saturated rings. The van der Waals surface area contributed by atoms with Gasteiger partial charge in [-0.15, -0.1) is 0 Å². The first-order valence-corrected chi connectivity index (χ1v) is 3.75. The number of rotatable bonds is 2. The first kappa shape index (κ1) is 12.3. The fourth-order valence-electron chi connectivity index (χ4n) is 1.36. The number of hydrogen-bond acceptors (Lipinski definition) is 2. The van der Waals surface area contributed by atoms with E-state index in [4.69, 9.17) is 10.2 Å². The molecular weight excluding hydrogens is 225 g/mol. The average molecular weight is 236 g/mol. The fraction of sp³-hybridized carbons (Fsp3) is 0.500. The van der Waals surface area contributed by atoms with Crippen molar-refractivity contribution < 1.29 is 39.3 Å². The summed E-state index contributed by atoms with van der Waals surface area (Å²) in [6.45, 7) is 0. The second kappa shape index (κ2) is 5.12. The molecule has 0 aromatic heterocycles. The van der Waals surface area contributed by atoms with Crippen LogP contribution in [0.1, 0.15) is 12.8 Å². The van der Waals surface area contributed by atoms with Gasteiger partial charge < -0.3 is 10.2 Å². The minimum atomic E-state index is -1.06. The van der Waals surface area contributed by atoms with Gasteiger partial charge in [-0.05, 0) is 12.8 Å². The third kappa shape index (κ3) is 2.92. The molecular formula is C8H10O4Zn. The summed E-state index contributed by atoms with van der Waals surface area (Å²) < 4.78 is 0. The van der Waals surface area contributed by atoms with E-state index in [1.807, 2.05) is 0 Å². The van der Waals surface area contributed by atoms with Crippen molar-refractivity contribution >= 4 is 11.9 Å². The van der Waals surface area contributed by atoms with Gasteiger partial charge in [-0.1, -0.05) is 12.2 Å². The zero-order valence-corrected chi connectivity index (χ0v) is 10.1. The number of carbonyl (C=O) groups is 2. The molecule has 68 valence electrons. The molecule has 1 rings (SSSR count). The maximum Gasteiger partial charge on any atom is 0.311 e. The molecule has 0 aromatic rings. The van der Waals surface area contributed by atoms with Crippen LogP contribution in [0.4, 0.5) is 0 Å².